The summed E-state index contributed by atoms with van der Waals surface area (Å²) in [5.41, 5.74) is 4.00. The summed E-state index contributed by atoms with van der Waals surface area (Å²) in [6.45, 7) is 6.07. The van der Waals surface area contributed by atoms with Gasteiger partial charge in [0.25, 0.3) is 5.91 Å². The van der Waals surface area contributed by atoms with E-state index in [1.807, 2.05) is 49.4 Å². The van der Waals surface area contributed by atoms with Gasteiger partial charge < -0.3 is 10.1 Å². The van der Waals surface area contributed by atoms with Gasteiger partial charge in [-0.1, -0.05) is 53.5 Å². The van der Waals surface area contributed by atoms with Gasteiger partial charge in [0.1, 0.15) is 24.0 Å². The van der Waals surface area contributed by atoms with Crippen molar-refractivity contribution in [3.05, 3.63) is 111 Å². The summed E-state index contributed by atoms with van der Waals surface area (Å²) in [6.07, 6.45) is 3.89. The summed E-state index contributed by atoms with van der Waals surface area (Å²) < 4.78 is 5.98. The van der Waals surface area contributed by atoms with Gasteiger partial charge in [-0.3, -0.25) is 4.79 Å². The fourth-order valence-corrected chi connectivity index (χ4v) is 3.38. The first-order chi connectivity index (χ1) is 15.9. The lowest BCUT2D eigenvalue weighted by Gasteiger charge is -2.12. The van der Waals surface area contributed by atoms with Gasteiger partial charge in [-0.15, -0.1) is 6.58 Å². The lowest BCUT2D eigenvalue weighted by atomic mass is 10.0. The molecule has 0 fully saturated rings. The maximum Gasteiger partial charge on any atom is 0.266 e. The molecule has 33 heavy (non-hydrogen) atoms. The maximum absolute atomic E-state index is 12.6. The molecule has 0 radical (unpaired) electrons. The number of halogens is 2. The molecule has 0 heterocycles. The number of aryl methyl sites for hydroxylation is 1. The minimum atomic E-state index is -0.509. The average Bonchev–Trinajstić information content (AvgIpc) is 2.80. The van der Waals surface area contributed by atoms with Gasteiger partial charge in [0.15, 0.2) is 0 Å². The van der Waals surface area contributed by atoms with Crippen molar-refractivity contribution in [2.75, 3.05) is 5.32 Å². The molecule has 3 rings (SSSR count). The molecule has 4 nitrogen and oxygen atoms in total. The lowest BCUT2D eigenvalue weighted by Crippen LogP contribution is -2.13. The van der Waals surface area contributed by atoms with E-state index < -0.39 is 5.91 Å². The predicted molar refractivity (Wildman–Crippen MR) is 135 cm³/mol. The molecule has 0 aliphatic carbocycles. The molecule has 3 aromatic carbocycles. The second-order valence-electron chi connectivity index (χ2n) is 7.36. The molecule has 0 saturated heterocycles. The van der Waals surface area contributed by atoms with Crippen LogP contribution in [0.2, 0.25) is 10.0 Å². The number of benzene rings is 3. The molecule has 6 heteroatoms. The second-order valence-corrected chi connectivity index (χ2v) is 8.21. The van der Waals surface area contributed by atoms with Gasteiger partial charge in [-0.2, -0.15) is 5.26 Å². The van der Waals surface area contributed by atoms with Crippen LogP contribution in [-0.4, -0.2) is 5.91 Å². The van der Waals surface area contributed by atoms with Crippen LogP contribution < -0.4 is 10.1 Å². The predicted octanol–water partition coefficient (Wildman–Crippen LogP) is 7.16. The van der Waals surface area contributed by atoms with Crippen molar-refractivity contribution in [3.63, 3.8) is 0 Å². The van der Waals surface area contributed by atoms with Crippen LogP contribution in [-0.2, 0) is 17.8 Å². The summed E-state index contributed by atoms with van der Waals surface area (Å²) in [5, 5.41) is 13.5. The van der Waals surface area contributed by atoms with Crippen LogP contribution >= 0.6 is 23.2 Å². The Balaban J connectivity index is 1.78. The highest BCUT2D eigenvalue weighted by atomic mass is 35.5. The van der Waals surface area contributed by atoms with Gasteiger partial charge in [0.05, 0.1) is 0 Å². The number of carbonyl (C=O) groups excluding carboxylic acids is 1. The molecule has 1 N–H and O–H groups in total. The molecule has 3 aromatic rings. The van der Waals surface area contributed by atoms with Gasteiger partial charge in [0.2, 0.25) is 0 Å². The van der Waals surface area contributed by atoms with E-state index in [1.54, 1.807) is 36.4 Å². The Hall–Kier alpha value is -3.52. The fraction of sp³-hybridized carbons (Fsp3) is 0.111. The second kappa shape index (κ2) is 11.4. The highest BCUT2D eigenvalue weighted by molar-refractivity contribution is 6.31. The van der Waals surface area contributed by atoms with Crippen LogP contribution in [0.15, 0.2) is 78.9 Å². The van der Waals surface area contributed by atoms with Crippen LogP contribution in [0.5, 0.6) is 5.75 Å². The smallest absolute Gasteiger partial charge is 0.266 e. The number of hydrogen-bond acceptors (Lipinski definition) is 3. The summed E-state index contributed by atoms with van der Waals surface area (Å²) in [4.78, 5) is 12.6. The molecule has 0 bridgehead atoms. The third-order valence-corrected chi connectivity index (χ3v) is 5.52. The SMILES string of the molecule is C=CCc1cc(/C=C(/C#N)C(=O)Nc2ccc(C)c(Cl)c2)ccc1OCc1ccc(Cl)cc1. The van der Waals surface area contributed by atoms with E-state index in [2.05, 4.69) is 11.9 Å². The molecule has 166 valence electrons. The van der Waals surface area contributed by atoms with E-state index in [1.165, 1.54) is 0 Å². The number of allylic oxidation sites excluding steroid dienone is 1. The zero-order valence-corrected chi connectivity index (χ0v) is 19.6. The van der Waals surface area contributed by atoms with Crippen LogP contribution in [0.25, 0.3) is 6.08 Å². The minimum Gasteiger partial charge on any atom is -0.489 e. The third-order valence-electron chi connectivity index (χ3n) is 4.86. The Morgan fingerprint density at radius 3 is 2.55 bits per heavy atom. The Kier molecular flexibility index (Phi) is 8.32. The number of carbonyl (C=O) groups is 1. The number of hydrogen-bond donors (Lipinski definition) is 1. The van der Waals surface area contributed by atoms with E-state index in [9.17, 15) is 10.1 Å². The summed E-state index contributed by atoms with van der Waals surface area (Å²) in [6, 6.07) is 20.1. The Labute approximate surface area is 203 Å². The lowest BCUT2D eigenvalue weighted by molar-refractivity contribution is -0.112. The van der Waals surface area contributed by atoms with Crippen molar-refractivity contribution >= 4 is 40.9 Å². The molecule has 0 aromatic heterocycles. The summed E-state index contributed by atoms with van der Waals surface area (Å²) in [7, 11) is 0. The van der Waals surface area contributed by atoms with Crippen molar-refractivity contribution in [2.24, 2.45) is 0 Å². The summed E-state index contributed by atoms with van der Waals surface area (Å²) in [5.74, 6) is 0.199. The molecule has 0 atom stereocenters. The highest BCUT2D eigenvalue weighted by Crippen LogP contribution is 2.25. The van der Waals surface area contributed by atoms with Crippen molar-refractivity contribution in [2.45, 2.75) is 20.0 Å². The normalized spacial score (nSPS) is 10.9. The highest BCUT2D eigenvalue weighted by Gasteiger charge is 2.12. The average molecular weight is 477 g/mol. The van der Waals surface area contributed by atoms with Crippen molar-refractivity contribution in [1.29, 1.82) is 5.26 Å². The van der Waals surface area contributed by atoms with E-state index >= 15 is 0 Å². The zero-order chi connectivity index (χ0) is 23.8. The largest absolute Gasteiger partial charge is 0.489 e. The first kappa shape index (κ1) is 24.1. The first-order valence-corrected chi connectivity index (χ1v) is 11.0. The van der Waals surface area contributed by atoms with E-state index in [0.717, 1.165) is 16.7 Å². The fourth-order valence-electron chi connectivity index (χ4n) is 3.07. The minimum absolute atomic E-state index is 0.0221. The van der Waals surface area contributed by atoms with E-state index in [-0.39, 0.29) is 5.57 Å². The van der Waals surface area contributed by atoms with Crippen molar-refractivity contribution in [1.82, 2.24) is 0 Å². The Morgan fingerprint density at radius 2 is 1.88 bits per heavy atom. The zero-order valence-electron chi connectivity index (χ0n) is 18.1. The molecular weight excluding hydrogens is 455 g/mol. The summed E-state index contributed by atoms with van der Waals surface area (Å²) >= 11 is 12.0. The standard InChI is InChI=1S/C27H22Cl2N2O2/c1-3-4-21-13-20(8-12-26(21)33-17-19-6-9-23(28)10-7-19)14-22(16-30)27(32)31-24-11-5-18(2)25(29)15-24/h3,5-15H,1,4,17H2,2H3,(H,31,32)/b22-14-. The maximum atomic E-state index is 12.6. The Bertz CT molecular complexity index is 1240. The van der Waals surface area contributed by atoms with Gasteiger partial charge in [-0.05, 0) is 78.1 Å². The molecular formula is C27H22Cl2N2O2. The van der Waals surface area contributed by atoms with E-state index in [0.29, 0.717) is 40.1 Å². The molecule has 0 spiro atoms. The molecule has 0 unspecified atom stereocenters. The van der Waals surface area contributed by atoms with Gasteiger partial charge in [0, 0.05) is 15.7 Å². The number of ether oxygens (including phenoxy) is 1. The van der Waals surface area contributed by atoms with Gasteiger partial charge in [-0.25, -0.2) is 0 Å². The van der Waals surface area contributed by atoms with Crippen LogP contribution in [0.1, 0.15) is 22.3 Å². The number of nitrogens with zero attached hydrogens (tertiary/aromatic N) is 1. The van der Waals surface area contributed by atoms with Crippen LogP contribution in [0.4, 0.5) is 5.69 Å². The number of rotatable bonds is 8. The number of anilines is 1. The van der Waals surface area contributed by atoms with Gasteiger partial charge >= 0.3 is 0 Å². The first-order valence-electron chi connectivity index (χ1n) is 10.2. The molecule has 0 aliphatic rings. The monoisotopic (exact) mass is 476 g/mol. The van der Waals surface area contributed by atoms with E-state index in [4.69, 9.17) is 27.9 Å². The molecule has 0 saturated carbocycles. The van der Waals surface area contributed by atoms with Crippen LogP contribution in [0, 0.1) is 18.3 Å². The quantitative estimate of drug-likeness (QED) is 0.213. The molecule has 0 aliphatic heterocycles. The topological polar surface area (TPSA) is 62.1 Å². The number of nitrogens with one attached hydrogen (secondary N) is 1. The molecule has 1 amide bonds. The van der Waals surface area contributed by atoms with Crippen molar-refractivity contribution < 1.29 is 9.53 Å². The number of nitriles is 1. The van der Waals surface area contributed by atoms with Crippen molar-refractivity contribution in [3.8, 4) is 11.8 Å². The third kappa shape index (κ3) is 6.73. The number of amides is 1. The van der Waals surface area contributed by atoms with Crippen LogP contribution in [0.3, 0.4) is 0 Å². The Morgan fingerprint density at radius 1 is 1.12 bits per heavy atom.